The molecular weight excluding hydrogens is 609 g/mol. The molecule has 0 spiro atoms. The van der Waals surface area contributed by atoms with Crippen molar-refractivity contribution in [2.45, 2.75) is 51.9 Å². The fourth-order valence-electron chi connectivity index (χ4n) is 8.33. The highest BCUT2D eigenvalue weighted by molar-refractivity contribution is 6.15. The Morgan fingerprint density at radius 3 is 1.74 bits per heavy atom. The maximum absolute atomic E-state index is 5.22. The van der Waals surface area contributed by atoms with Crippen LogP contribution in [-0.4, -0.2) is 18.8 Å². The number of para-hydroxylation sites is 4. The summed E-state index contributed by atoms with van der Waals surface area (Å²) in [5, 5.41) is 7.39. The molecule has 4 heteroatoms. The number of fused-ring (bicyclic) bond motifs is 16. The number of pyridine rings is 2. The summed E-state index contributed by atoms with van der Waals surface area (Å²) in [5.74, 6) is 0. The van der Waals surface area contributed by atoms with E-state index in [2.05, 4.69) is 171 Å². The Morgan fingerprint density at radius 2 is 1.02 bits per heavy atom. The van der Waals surface area contributed by atoms with E-state index < -0.39 is 0 Å². The summed E-state index contributed by atoms with van der Waals surface area (Å²) < 4.78 is 4.72. The van der Waals surface area contributed by atoms with Crippen LogP contribution in [0.5, 0.6) is 0 Å². The van der Waals surface area contributed by atoms with Crippen LogP contribution in [0.15, 0.2) is 127 Å². The predicted octanol–water partition coefficient (Wildman–Crippen LogP) is 11.7. The molecule has 0 radical (unpaired) electrons. The quantitative estimate of drug-likeness (QED) is 0.179. The molecule has 0 aliphatic rings. The van der Waals surface area contributed by atoms with Crippen molar-refractivity contribution in [3.8, 4) is 0 Å². The number of benzene rings is 6. The molecule has 10 aromatic rings. The van der Waals surface area contributed by atoms with E-state index in [1.54, 1.807) is 0 Å². The molecule has 4 nitrogen and oxygen atoms in total. The van der Waals surface area contributed by atoms with Gasteiger partial charge in [-0.2, -0.15) is 0 Å². The minimum Gasteiger partial charge on any atom is -0.292 e. The Balaban J connectivity index is 1.16. The molecule has 0 fully saturated rings. The number of nitrogens with zero attached hydrogens (tertiary/aromatic N) is 4. The fourth-order valence-corrected chi connectivity index (χ4v) is 8.33. The second-order valence-corrected chi connectivity index (χ2v) is 15.7. The lowest BCUT2D eigenvalue weighted by Crippen LogP contribution is -2.20. The topological polar surface area (TPSA) is 34.6 Å². The Hall–Kier alpha value is -5.74. The first kappa shape index (κ1) is 29.2. The summed E-state index contributed by atoms with van der Waals surface area (Å²) in [7, 11) is 0. The lowest BCUT2D eigenvalue weighted by Gasteiger charge is -2.27. The molecule has 0 unspecified atom stereocenters. The minimum atomic E-state index is -0.136. The van der Waals surface area contributed by atoms with E-state index >= 15 is 0 Å². The largest absolute Gasteiger partial charge is 0.292 e. The molecule has 0 aliphatic carbocycles. The van der Waals surface area contributed by atoms with Gasteiger partial charge >= 0.3 is 0 Å². The van der Waals surface area contributed by atoms with Crippen LogP contribution in [0.4, 0.5) is 0 Å². The van der Waals surface area contributed by atoms with Gasteiger partial charge in [-0.3, -0.25) is 8.80 Å². The van der Waals surface area contributed by atoms with Crippen LogP contribution in [0.3, 0.4) is 0 Å². The lowest BCUT2D eigenvalue weighted by molar-refractivity contribution is 0.523. The van der Waals surface area contributed by atoms with Gasteiger partial charge < -0.3 is 0 Å². The molecule has 0 bridgehead atoms. The molecule has 242 valence electrons. The molecule has 0 atom stereocenters. The van der Waals surface area contributed by atoms with Crippen LogP contribution < -0.4 is 0 Å². The molecule has 10 rings (SSSR count). The highest BCUT2D eigenvalue weighted by atomic mass is 15.0. The number of aromatic nitrogens is 4. The van der Waals surface area contributed by atoms with Crippen LogP contribution in [0, 0.1) is 0 Å². The third kappa shape index (κ3) is 4.18. The zero-order valence-electron chi connectivity index (χ0n) is 29.1. The van der Waals surface area contributed by atoms with Gasteiger partial charge in [0.15, 0.2) is 0 Å². The van der Waals surface area contributed by atoms with Gasteiger partial charge in [0, 0.05) is 21.5 Å². The maximum Gasteiger partial charge on any atom is 0.146 e. The molecule has 50 heavy (non-hydrogen) atoms. The van der Waals surface area contributed by atoms with Crippen LogP contribution in [-0.2, 0) is 17.3 Å². The van der Waals surface area contributed by atoms with Gasteiger partial charge in [-0.1, -0.05) is 113 Å². The normalized spacial score (nSPS) is 13.0. The summed E-state index contributed by atoms with van der Waals surface area (Å²) in [6.45, 7) is 11.6. The van der Waals surface area contributed by atoms with E-state index in [0.717, 1.165) is 39.8 Å². The average molecular weight is 647 g/mol. The van der Waals surface area contributed by atoms with E-state index in [9.17, 15) is 0 Å². The van der Waals surface area contributed by atoms with Crippen LogP contribution >= 0.6 is 0 Å². The summed E-state index contributed by atoms with van der Waals surface area (Å²) in [6.07, 6.45) is 0.891. The molecule has 0 amide bonds. The van der Waals surface area contributed by atoms with Gasteiger partial charge in [-0.25, -0.2) is 9.97 Å². The lowest BCUT2D eigenvalue weighted by atomic mass is 9.78. The molecule has 0 saturated heterocycles. The third-order valence-corrected chi connectivity index (χ3v) is 11.0. The molecular formula is C46H38N4. The Labute approximate surface area is 290 Å². The first-order valence-electron chi connectivity index (χ1n) is 17.6. The van der Waals surface area contributed by atoms with E-state index in [0.29, 0.717) is 0 Å². The first-order valence-corrected chi connectivity index (χ1v) is 17.6. The van der Waals surface area contributed by atoms with E-state index in [1.807, 2.05) is 0 Å². The van der Waals surface area contributed by atoms with Crippen molar-refractivity contribution in [2.24, 2.45) is 0 Å². The fraction of sp³-hybridized carbons (Fsp3) is 0.174. The average Bonchev–Trinajstić information content (AvgIpc) is 3.71. The Bertz CT molecular complexity index is 3020. The van der Waals surface area contributed by atoms with Gasteiger partial charge in [-0.05, 0) is 93.2 Å². The second-order valence-electron chi connectivity index (χ2n) is 15.7. The number of hydrogen-bond donors (Lipinski definition) is 0. The van der Waals surface area contributed by atoms with Crippen LogP contribution in [0.25, 0.3) is 76.7 Å². The van der Waals surface area contributed by atoms with Crippen molar-refractivity contribution in [1.29, 1.82) is 0 Å². The molecule has 6 aromatic carbocycles. The van der Waals surface area contributed by atoms with E-state index in [-0.39, 0.29) is 10.8 Å². The molecule has 0 saturated carbocycles. The zero-order chi connectivity index (χ0) is 33.9. The minimum absolute atomic E-state index is 0.0527. The van der Waals surface area contributed by atoms with Gasteiger partial charge in [0.05, 0.1) is 33.1 Å². The van der Waals surface area contributed by atoms with Crippen molar-refractivity contribution in [3.63, 3.8) is 0 Å². The molecule has 0 N–H and O–H groups in total. The van der Waals surface area contributed by atoms with E-state index in [4.69, 9.17) is 9.97 Å². The molecule has 4 aromatic heterocycles. The molecule has 0 aliphatic heterocycles. The zero-order valence-corrected chi connectivity index (χ0v) is 29.1. The summed E-state index contributed by atoms with van der Waals surface area (Å²) in [5.41, 5.74) is 12.6. The number of hydrogen-bond acceptors (Lipinski definition) is 2. The highest BCUT2D eigenvalue weighted by Gasteiger charge is 2.25. The van der Waals surface area contributed by atoms with Gasteiger partial charge in [0.2, 0.25) is 0 Å². The van der Waals surface area contributed by atoms with Gasteiger partial charge in [0.1, 0.15) is 11.3 Å². The predicted molar refractivity (Wildman–Crippen MR) is 211 cm³/mol. The third-order valence-electron chi connectivity index (χ3n) is 11.0. The highest BCUT2D eigenvalue weighted by Crippen LogP contribution is 2.39. The van der Waals surface area contributed by atoms with Crippen molar-refractivity contribution in [1.82, 2.24) is 18.8 Å². The van der Waals surface area contributed by atoms with Crippen LogP contribution in [0.2, 0.25) is 0 Å². The van der Waals surface area contributed by atoms with E-state index in [1.165, 1.54) is 60.0 Å². The van der Waals surface area contributed by atoms with Gasteiger partial charge in [-0.15, -0.1) is 0 Å². The molecule has 4 heterocycles. The Morgan fingerprint density at radius 1 is 0.440 bits per heavy atom. The Kier molecular flexibility index (Phi) is 5.93. The van der Waals surface area contributed by atoms with Crippen molar-refractivity contribution in [2.75, 3.05) is 0 Å². The SMILES string of the molecule is CC(C)(C)c1ccc2c(c1)c1ccc(CC(C)(C)c3ccc4c5ccccc5c5nc6ccccc6n5c4c3)cc1c1nc3ccccc3n21. The second kappa shape index (κ2) is 10.1. The van der Waals surface area contributed by atoms with Crippen molar-refractivity contribution in [3.05, 3.63) is 144 Å². The van der Waals surface area contributed by atoms with Gasteiger partial charge in [0.25, 0.3) is 0 Å². The summed E-state index contributed by atoms with van der Waals surface area (Å²) >= 11 is 0. The van der Waals surface area contributed by atoms with Crippen LogP contribution in [0.1, 0.15) is 51.3 Å². The van der Waals surface area contributed by atoms with Crippen molar-refractivity contribution < 1.29 is 0 Å². The summed E-state index contributed by atoms with van der Waals surface area (Å²) in [4.78, 5) is 10.3. The monoisotopic (exact) mass is 646 g/mol. The summed E-state index contributed by atoms with van der Waals surface area (Å²) in [6, 6.07) is 46.8. The first-order chi connectivity index (χ1) is 24.2. The number of imidazole rings is 2. The standard InChI is InChI=1S/C46H38N4/c1-45(2,3)29-20-23-39-35(25-29)32-21-18-28(24-36(32)44-48-37-14-8-10-16-40(37)49(39)44)27-46(4,5)30-19-22-33-31-12-6-7-13-34(31)43-47-38-15-9-11-17-41(38)50(43)42(33)26-30/h6-26H,27H2,1-5H3. The maximum atomic E-state index is 5.22. The van der Waals surface area contributed by atoms with Crippen molar-refractivity contribution >= 4 is 76.7 Å². The smallest absolute Gasteiger partial charge is 0.146 e. The number of rotatable bonds is 3.